The molecule has 0 aromatic rings. The van der Waals surface area contributed by atoms with Gasteiger partial charge in [0.2, 0.25) is 0 Å². The molecular weight excluding hydrogens is 204 g/mol. The van der Waals surface area contributed by atoms with Crippen molar-refractivity contribution >= 4 is 5.97 Å². The Hall–Kier alpha value is -0.610. The van der Waals surface area contributed by atoms with Gasteiger partial charge in [0.05, 0.1) is 6.61 Å². The summed E-state index contributed by atoms with van der Waals surface area (Å²) in [4.78, 5) is 13.9. The van der Waals surface area contributed by atoms with Gasteiger partial charge in [-0.05, 0) is 39.2 Å². The van der Waals surface area contributed by atoms with Crippen molar-refractivity contribution in [3.8, 4) is 0 Å². The zero-order valence-corrected chi connectivity index (χ0v) is 10.6. The third-order valence-corrected chi connectivity index (χ3v) is 3.53. The number of carbonyl (C=O) groups is 1. The summed E-state index contributed by atoms with van der Waals surface area (Å²) in [6.45, 7) is 7.97. The number of hydrogen-bond acceptors (Lipinski definition) is 4. The summed E-state index contributed by atoms with van der Waals surface area (Å²) < 4.78 is 5.06. The fraction of sp³-hybridized carbons (Fsp3) is 0.917. The van der Waals surface area contributed by atoms with Crippen molar-refractivity contribution in [1.82, 2.24) is 4.90 Å². The quantitative estimate of drug-likeness (QED) is 0.729. The molecule has 3 unspecified atom stereocenters. The second-order valence-corrected chi connectivity index (χ2v) is 4.59. The summed E-state index contributed by atoms with van der Waals surface area (Å²) in [5.41, 5.74) is 5.80. The molecule has 0 radical (unpaired) electrons. The number of hydrogen-bond donors (Lipinski definition) is 1. The molecule has 94 valence electrons. The van der Waals surface area contributed by atoms with Crippen molar-refractivity contribution in [2.75, 3.05) is 19.7 Å². The van der Waals surface area contributed by atoms with Gasteiger partial charge in [-0.1, -0.05) is 6.92 Å². The zero-order chi connectivity index (χ0) is 12.1. The minimum atomic E-state index is -0.170. The zero-order valence-electron chi connectivity index (χ0n) is 10.6. The number of rotatable bonds is 4. The van der Waals surface area contributed by atoms with Gasteiger partial charge in [-0.25, -0.2) is 0 Å². The first-order valence-corrected chi connectivity index (χ1v) is 6.24. The predicted octanol–water partition coefficient (Wildman–Crippen LogP) is 0.997. The van der Waals surface area contributed by atoms with E-state index in [4.69, 9.17) is 10.5 Å². The smallest absolute Gasteiger partial charge is 0.323 e. The highest BCUT2D eigenvalue weighted by Gasteiger charge is 2.33. The van der Waals surface area contributed by atoms with E-state index < -0.39 is 0 Å². The van der Waals surface area contributed by atoms with Crippen LogP contribution in [0.2, 0.25) is 0 Å². The van der Waals surface area contributed by atoms with Crippen molar-refractivity contribution in [2.45, 2.75) is 45.7 Å². The Morgan fingerprint density at radius 3 is 2.88 bits per heavy atom. The molecule has 0 bridgehead atoms. The van der Waals surface area contributed by atoms with E-state index in [2.05, 4.69) is 11.8 Å². The molecular formula is C12H24N2O2. The Balaban J connectivity index is 2.64. The molecule has 1 heterocycles. The van der Waals surface area contributed by atoms with E-state index in [1.165, 1.54) is 6.42 Å². The first kappa shape index (κ1) is 13.5. The van der Waals surface area contributed by atoms with Crippen LogP contribution in [0, 0.1) is 5.92 Å². The van der Waals surface area contributed by atoms with Crippen LogP contribution in [0.1, 0.15) is 33.6 Å². The lowest BCUT2D eigenvalue weighted by molar-refractivity contribution is -0.150. The Kier molecular flexibility index (Phi) is 5.22. The van der Waals surface area contributed by atoms with Gasteiger partial charge in [0.1, 0.15) is 6.04 Å². The van der Waals surface area contributed by atoms with Crippen LogP contribution in [0.3, 0.4) is 0 Å². The summed E-state index contributed by atoms with van der Waals surface area (Å²) in [7, 11) is 0. The SMILES string of the molecule is CCOC(=O)C(C)N1CCCC(C)C1CN. The fourth-order valence-electron chi connectivity index (χ4n) is 2.53. The van der Waals surface area contributed by atoms with Crippen molar-refractivity contribution in [3.63, 3.8) is 0 Å². The van der Waals surface area contributed by atoms with Gasteiger partial charge in [0.15, 0.2) is 0 Å². The number of piperidine rings is 1. The van der Waals surface area contributed by atoms with Gasteiger partial charge >= 0.3 is 5.97 Å². The van der Waals surface area contributed by atoms with Crippen LogP contribution >= 0.6 is 0 Å². The first-order valence-electron chi connectivity index (χ1n) is 6.24. The number of nitrogens with two attached hydrogens (primary N) is 1. The highest BCUT2D eigenvalue weighted by Crippen LogP contribution is 2.24. The number of carbonyl (C=O) groups excluding carboxylic acids is 1. The molecule has 0 amide bonds. The van der Waals surface area contributed by atoms with E-state index in [0.29, 0.717) is 25.1 Å². The molecule has 1 rings (SSSR count). The monoisotopic (exact) mass is 228 g/mol. The number of likely N-dealkylation sites (tertiary alicyclic amines) is 1. The molecule has 0 aromatic heterocycles. The van der Waals surface area contributed by atoms with E-state index in [1.54, 1.807) is 0 Å². The fourth-order valence-corrected chi connectivity index (χ4v) is 2.53. The largest absolute Gasteiger partial charge is 0.465 e. The molecule has 16 heavy (non-hydrogen) atoms. The normalized spacial score (nSPS) is 28.8. The summed E-state index contributed by atoms with van der Waals surface area (Å²) in [5.74, 6) is 0.436. The molecule has 0 spiro atoms. The summed E-state index contributed by atoms with van der Waals surface area (Å²) in [5, 5.41) is 0. The number of ether oxygens (including phenoxy) is 1. The molecule has 1 fully saturated rings. The highest BCUT2D eigenvalue weighted by atomic mass is 16.5. The summed E-state index contributed by atoms with van der Waals surface area (Å²) in [6.07, 6.45) is 2.34. The van der Waals surface area contributed by atoms with Gasteiger partial charge in [-0.3, -0.25) is 9.69 Å². The van der Waals surface area contributed by atoms with Crippen molar-refractivity contribution in [3.05, 3.63) is 0 Å². The Labute approximate surface area is 98.1 Å². The van der Waals surface area contributed by atoms with Crippen LogP contribution < -0.4 is 5.73 Å². The van der Waals surface area contributed by atoms with Crippen LogP contribution in [0.15, 0.2) is 0 Å². The summed E-state index contributed by atoms with van der Waals surface area (Å²) >= 11 is 0. The molecule has 1 saturated heterocycles. The van der Waals surface area contributed by atoms with E-state index in [0.717, 1.165) is 13.0 Å². The second-order valence-electron chi connectivity index (χ2n) is 4.59. The lowest BCUT2D eigenvalue weighted by Gasteiger charge is -2.41. The van der Waals surface area contributed by atoms with Crippen molar-refractivity contribution in [1.29, 1.82) is 0 Å². The predicted molar refractivity (Wildman–Crippen MR) is 64.0 cm³/mol. The third kappa shape index (κ3) is 2.95. The van der Waals surface area contributed by atoms with Crippen molar-refractivity contribution < 1.29 is 9.53 Å². The lowest BCUT2D eigenvalue weighted by atomic mass is 9.89. The van der Waals surface area contributed by atoms with Gasteiger partial charge in [-0.2, -0.15) is 0 Å². The Morgan fingerprint density at radius 2 is 2.31 bits per heavy atom. The molecule has 0 aliphatic carbocycles. The highest BCUT2D eigenvalue weighted by molar-refractivity contribution is 5.75. The maximum absolute atomic E-state index is 11.7. The minimum Gasteiger partial charge on any atom is -0.465 e. The molecule has 4 heteroatoms. The number of nitrogens with zero attached hydrogens (tertiary/aromatic N) is 1. The average Bonchev–Trinajstić information content (AvgIpc) is 2.28. The van der Waals surface area contributed by atoms with Crippen LogP contribution in [0.5, 0.6) is 0 Å². The molecule has 1 aliphatic heterocycles. The van der Waals surface area contributed by atoms with Crippen LogP contribution in [0.25, 0.3) is 0 Å². The molecule has 0 aromatic carbocycles. The summed E-state index contributed by atoms with van der Waals surface area (Å²) in [6, 6.07) is 0.143. The maximum Gasteiger partial charge on any atom is 0.323 e. The Bertz CT molecular complexity index is 233. The van der Waals surface area contributed by atoms with E-state index in [1.807, 2.05) is 13.8 Å². The van der Waals surface area contributed by atoms with Crippen LogP contribution in [0.4, 0.5) is 0 Å². The van der Waals surface area contributed by atoms with Gasteiger partial charge in [0.25, 0.3) is 0 Å². The van der Waals surface area contributed by atoms with Gasteiger partial charge in [-0.15, -0.1) is 0 Å². The van der Waals surface area contributed by atoms with E-state index in [-0.39, 0.29) is 12.0 Å². The van der Waals surface area contributed by atoms with Crippen molar-refractivity contribution in [2.24, 2.45) is 11.7 Å². The maximum atomic E-state index is 11.7. The second kappa shape index (κ2) is 6.21. The van der Waals surface area contributed by atoms with E-state index in [9.17, 15) is 4.79 Å². The van der Waals surface area contributed by atoms with Crippen LogP contribution in [-0.2, 0) is 9.53 Å². The molecule has 2 N–H and O–H groups in total. The molecule has 3 atom stereocenters. The first-order chi connectivity index (χ1) is 7.61. The topological polar surface area (TPSA) is 55.6 Å². The van der Waals surface area contributed by atoms with Gasteiger partial charge in [0, 0.05) is 12.6 Å². The van der Waals surface area contributed by atoms with Gasteiger partial charge < -0.3 is 10.5 Å². The molecule has 4 nitrogen and oxygen atoms in total. The molecule has 0 saturated carbocycles. The van der Waals surface area contributed by atoms with E-state index >= 15 is 0 Å². The third-order valence-electron chi connectivity index (χ3n) is 3.53. The standard InChI is InChI=1S/C12H24N2O2/c1-4-16-12(15)10(3)14-7-5-6-9(2)11(14)8-13/h9-11H,4-8,13H2,1-3H3. The lowest BCUT2D eigenvalue weighted by Crippen LogP contribution is -2.54. The number of esters is 1. The molecule has 1 aliphatic rings. The minimum absolute atomic E-state index is 0.130. The Morgan fingerprint density at radius 1 is 1.62 bits per heavy atom. The van der Waals surface area contributed by atoms with Crippen LogP contribution in [-0.4, -0.2) is 42.6 Å². The average molecular weight is 228 g/mol.